The van der Waals surface area contributed by atoms with Gasteiger partial charge in [0.1, 0.15) is 11.3 Å². The first-order valence-corrected chi connectivity index (χ1v) is 6.16. The number of rotatable bonds is 1. The van der Waals surface area contributed by atoms with Gasteiger partial charge in [0.15, 0.2) is 5.76 Å². The zero-order valence-electron chi connectivity index (χ0n) is 10.1. The first-order valence-electron chi connectivity index (χ1n) is 6.16. The summed E-state index contributed by atoms with van der Waals surface area (Å²) < 4.78 is 5.82. The van der Waals surface area contributed by atoms with Crippen LogP contribution in [0.5, 0.6) is 0 Å². The molecule has 0 N–H and O–H groups in total. The molecule has 4 aromatic rings. The molecular formula is C17H10NO. The Balaban J connectivity index is 1.93. The van der Waals surface area contributed by atoms with Crippen molar-refractivity contribution >= 4 is 21.7 Å². The molecule has 0 unspecified atom stereocenters. The Hall–Kier alpha value is -2.61. The number of aromatic nitrogens is 1. The fourth-order valence-corrected chi connectivity index (χ4v) is 2.26. The van der Waals surface area contributed by atoms with Crippen LogP contribution < -0.4 is 0 Å². The van der Waals surface area contributed by atoms with Gasteiger partial charge in [0.2, 0.25) is 0 Å². The van der Waals surface area contributed by atoms with Crippen molar-refractivity contribution in [2.45, 2.75) is 0 Å². The van der Waals surface area contributed by atoms with Crippen molar-refractivity contribution in [2.75, 3.05) is 0 Å². The summed E-state index contributed by atoms with van der Waals surface area (Å²) in [5.41, 5.74) is 1.70. The van der Waals surface area contributed by atoms with E-state index < -0.39 is 0 Å². The molecule has 0 saturated heterocycles. The molecule has 0 spiro atoms. The maximum absolute atomic E-state index is 5.82. The first kappa shape index (κ1) is 10.3. The quantitative estimate of drug-likeness (QED) is 0.494. The first-order chi connectivity index (χ1) is 9.40. The van der Waals surface area contributed by atoms with Gasteiger partial charge in [0, 0.05) is 10.8 Å². The van der Waals surface area contributed by atoms with E-state index >= 15 is 0 Å². The van der Waals surface area contributed by atoms with E-state index in [4.69, 9.17) is 4.42 Å². The van der Waals surface area contributed by atoms with E-state index in [9.17, 15) is 0 Å². The Kier molecular flexibility index (Phi) is 2.15. The third-order valence-corrected chi connectivity index (χ3v) is 3.23. The molecular weight excluding hydrogens is 234 g/mol. The Morgan fingerprint density at radius 1 is 0.842 bits per heavy atom. The number of hydrogen-bond acceptors (Lipinski definition) is 2. The molecule has 0 saturated carbocycles. The van der Waals surface area contributed by atoms with Crippen LogP contribution in [-0.2, 0) is 0 Å². The number of fused-ring (bicyclic) bond motifs is 2. The van der Waals surface area contributed by atoms with Crippen molar-refractivity contribution in [2.24, 2.45) is 0 Å². The molecule has 0 bridgehead atoms. The van der Waals surface area contributed by atoms with Gasteiger partial charge in [-0.3, -0.25) is 0 Å². The van der Waals surface area contributed by atoms with Crippen molar-refractivity contribution in [1.29, 1.82) is 0 Å². The molecule has 2 aromatic carbocycles. The number of para-hydroxylation sites is 1. The number of nitrogens with zero attached hydrogens (tertiary/aromatic N) is 1. The molecule has 0 aliphatic carbocycles. The molecule has 0 atom stereocenters. The second-order valence-corrected chi connectivity index (χ2v) is 4.49. The lowest BCUT2D eigenvalue weighted by Crippen LogP contribution is -1.82. The summed E-state index contributed by atoms with van der Waals surface area (Å²) in [6, 6.07) is 20.1. The second kappa shape index (κ2) is 3.95. The molecule has 2 nitrogen and oxygen atoms in total. The number of furan rings is 1. The van der Waals surface area contributed by atoms with E-state index in [-0.39, 0.29) is 0 Å². The van der Waals surface area contributed by atoms with Crippen molar-refractivity contribution < 1.29 is 4.42 Å². The average molecular weight is 244 g/mol. The van der Waals surface area contributed by atoms with Gasteiger partial charge in [-0.1, -0.05) is 42.5 Å². The Labute approximate surface area is 110 Å². The maximum Gasteiger partial charge on any atom is 0.153 e. The molecule has 2 heteroatoms. The molecule has 2 heterocycles. The summed E-state index contributed by atoms with van der Waals surface area (Å²) in [5, 5.41) is 3.22. The minimum atomic E-state index is 0.781. The minimum Gasteiger partial charge on any atom is -0.454 e. The number of pyridine rings is 1. The van der Waals surface area contributed by atoms with Crippen LogP contribution in [0.25, 0.3) is 33.2 Å². The number of benzene rings is 2. The molecule has 2 aromatic heterocycles. The van der Waals surface area contributed by atoms with Crippen LogP contribution in [0.15, 0.2) is 65.1 Å². The second-order valence-electron chi connectivity index (χ2n) is 4.49. The topological polar surface area (TPSA) is 26.0 Å². The average Bonchev–Trinajstić information content (AvgIpc) is 2.90. The third kappa shape index (κ3) is 1.69. The highest BCUT2D eigenvalue weighted by atomic mass is 16.3. The molecule has 4 rings (SSSR count). The molecule has 89 valence electrons. The van der Waals surface area contributed by atoms with Gasteiger partial charge in [0.05, 0.1) is 6.20 Å². The lowest BCUT2D eigenvalue weighted by molar-refractivity contribution is 0.629. The monoisotopic (exact) mass is 244 g/mol. The van der Waals surface area contributed by atoms with Crippen LogP contribution >= 0.6 is 0 Å². The normalized spacial score (nSPS) is 11.2. The molecule has 0 aliphatic rings. The standard InChI is InChI=1S/C17H10NO/c1-2-7-14-11-18-15(9-12(14)5-1)17-10-13-6-3-4-8-16(13)19-17/h1-10H. The summed E-state index contributed by atoms with van der Waals surface area (Å²) in [4.78, 5) is 4.35. The smallest absolute Gasteiger partial charge is 0.153 e. The van der Waals surface area contributed by atoms with Crippen LogP contribution in [0, 0.1) is 6.20 Å². The number of hydrogen-bond donors (Lipinski definition) is 0. The summed E-state index contributed by atoms with van der Waals surface area (Å²) in [6.07, 6.45) is 3.05. The minimum absolute atomic E-state index is 0.781. The van der Waals surface area contributed by atoms with Gasteiger partial charge in [-0.05, 0) is 23.6 Å². The van der Waals surface area contributed by atoms with Gasteiger partial charge >= 0.3 is 0 Å². The fraction of sp³-hybridized carbons (Fsp3) is 0. The van der Waals surface area contributed by atoms with E-state index in [1.165, 1.54) is 0 Å². The van der Waals surface area contributed by atoms with Gasteiger partial charge in [-0.15, -0.1) is 0 Å². The van der Waals surface area contributed by atoms with Crippen LogP contribution in [-0.4, -0.2) is 4.98 Å². The molecule has 0 fully saturated rings. The van der Waals surface area contributed by atoms with Crippen LogP contribution in [0.1, 0.15) is 0 Å². The summed E-state index contributed by atoms with van der Waals surface area (Å²) >= 11 is 0. The summed E-state index contributed by atoms with van der Waals surface area (Å²) in [6.45, 7) is 0. The zero-order chi connectivity index (χ0) is 12.7. The largest absolute Gasteiger partial charge is 0.454 e. The molecule has 0 aliphatic heterocycles. The van der Waals surface area contributed by atoms with Gasteiger partial charge in [-0.25, -0.2) is 4.98 Å². The molecule has 1 radical (unpaired) electrons. The molecule has 19 heavy (non-hydrogen) atoms. The van der Waals surface area contributed by atoms with Crippen LogP contribution in [0.4, 0.5) is 0 Å². The lowest BCUT2D eigenvalue weighted by atomic mass is 10.1. The molecule has 0 amide bonds. The SMILES string of the molecule is [c]1nc(-c2cc3ccccc3o2)cc2ccccc12. The van der Waals surface area contributed by atoms with Crippen molar-refractivity contribution in [3.05, 3.63) is 66.9 Å². The summed E-state index contributed by atoms with van der Waals surface area (Å²) in [5.74, 6) is 0.781. The van der Waals surface area contributed by atoms with E-state index in [0.29, 0.717) is 0 Å². The summed E-state index contributed by atoms with van der Waals surface area (Å²) in [7, 11) is 0. The highest BCUT2D eigenvalue weighted by Gasteiger charge is 2.07. The van der Waals surface area contributed by atoms with Gasteiger partial charge in [0.25, 0.3) is 0 Å². The van der Waals surface area contributed by atoms with E-state index in [1.54, 1.807) is 0 Å². The highest BCUT2D eigenvalue weighted by Crippen LogP contribution is 2.27. The third-order valence-electron chi connectivity index (χ3n) is 3.23. The van der Waals surface area contributed by atoms with Crippen molar-refractivity contribution in [1.82, 2.24) is 4.98 Å². The Morgan fingerprint density at radius 3 is 2.53 bits per heavy atom. The predicted molar refractivity (Wildman–Crippen MR) is 75.8 cm³/mol. The van der Waals surface area contributed by atoms with Crippen LogP contribution in [0.3, 0.4) is 0 Å². The highest BCUT2D eigenvalue weighted by molar-refractivity contribution is 5.86. The van der Waals surface area contributed by atoms with E-state index in [0.717, 1.165) is 33.2 Å². The van der Waals surface area contributed by atoms with E-state index in [2.05, 4.69) is 17.2 Å². The van der Waals surface area contributed by atoms with Crippen molar-refractivity contribution in [3.63, 3.8) is 0 Å². The zero-order valence-corrected chi connectivity index (χ0v) is 10.1. The van der Waals surface area contributed by atoms with E-state index in [1.807, 2.05) is 54.6 Å². The maximum atomic E-state index is 5.82. The van der Waals surface area contributed by atoms with Gasteiger partial charge < -0.3 is 4.42 Å². The Bertz CT molecular complexity index is 843. The van der Waals surface area contributed by atoms with Crippen LogP contribution in [0.2, 0.25) is 0 Å². The fourth-order valence-electron chi connectivity index (χ4n) is 2.26. The predicted octanol–water partition coefficient (Wildman–Crippen LogP) is 4.45. The van der Waals surface area contributed by atoms with Gasteiger partial charge in [-0.2, -0.15) is 0 Å². The van der Waals surface area contributed by atoms with Crippen molar-refractivity contribution in [3.8, 4) is 11.5 Å². The lowest BCUT2D eigenvalue weighted by Gasteiger charge is -1.98. The Morgan fingerprint density at radius 2 is 1.63 bits per heavy atom.